The summed E-state index contributed by atoms with van der Waals surface area (Å²) in [5.41, 5.74) is 0.590. The summed E-state index contributed by atoms with van der Waals surface area (Å²) in [4.78, 5) is 12.5. The van der Waals surface area contributed by atoms with Gasteiger partial charge in [0.2, 0.25) is 0 Å². The molecule has 0 bridgehead atoms. The van der Waals surface area contributed by atoms with Gasteiger partial charge in [0, 0.05) is 12.8 Å². The van der Waals surface area contributed by atoms with Crippen molar-refractivity contribution in [3.63, 3.8) is 0 Å². The minimum atomic E-state index is -3.40. The van der Waals surface area contributed by atoms with Gasteiger partial charge in [-0.25, -0.2) is 8.42 Å². The quantitative estimate of drug-likeness (QED) is 0.848. The van der Waals surface area contributed by atoms with Gasteiger partial charge in [-0.1, -0.05) is 6.92 Å². The van der Waals surface area contributed by atoms with Gasteiger partial charge in [-0.15, -0.1) is 0 Å². The van der Waals surface area contributed by atoms with Gasteiger partial charge in [0.25, 0.3) is 0 Å². The molecule has 0 aliphatic rings. The van der Waals surface area contributed by atoms with E-state index >= 15 is 0 Å². The van der Waals surface area contributed by atoms with Crippen molar-refractivity contribution in [2.75, 3.05) is 24.2 Å². The van der Waals surface area contributed by atoms with E-state index in [9.17, 15) is 13.2 Å². The summed E-state index contributed by atoms with van der Waals surface area (Å²) in [7, 11) is -3.40. The molecule has 6 nitrogen and oxygen atoms in total. The molecule has 20 heavy (non-hydrogen) atoms. The first-order valence-corrected chi connectivity index (χ1v) is 7.89. The molecule has 1 N–H and O–H groups in total. The largest absolute Gasteiger partial charge is 0.480 e. The summed E-state index contributed by atoms with van der Waals surface area (Å²) in [5, 5.41) is 18.0. The Labute approximate surface area is 118 Å². The normalized spacial score (nSPS) is 10.8. The van der Waals surface area contributed by atoms with Crippen molar-refractivity contribution < 1.29 is 18.3 Å². The zero-order valence-electron chi connectivity index (χ0n) is 11.3. The molecule has 0 atom stereocenters. The monoisotopic (exact) mass is 296 g/mol. The summed E-state index contributed by atoms with van der Waals surface area (Å²) < 4.78 is 22.9. The van der Waals surface area contributed by atoms with Gasteiger partial charge in [0.1, 0.15) is 12.6 Å². The molecule has 1 aromatic carbocycles. The highest BCUT2D eigenvalue weighted by atomic mass is 32.2. The average Bonchev–Trinajstić information content (AvgIpc) is 2.36. The van der Waals surface area contributed by atoms with Crippen LogP contribution in [0.4, 0.5) is 5.69 Å². The highest BCUT2D eigenvalue weighted by Gasteiger charge is 2.16. The van der Waals surface area contributed by atoms with Crippen LogP contribution in [0.2, 0.25) is 0 Å². The molecule has 0 fully saturated rings. The van der Waals surface area contributed by atoms with Gasteiger partial charge in [0.05, 0.1) is 16.1 Å². The van der Waals surface area contributed by atoms with Crippen LogP contribution in [-0.2, 0) is 14.6 Å². The summed E-state index contributed by atoms with van der Waals surface area (Å²) >= 11 is 0. The van der Waals surface area contributed by atoms with E-state index in [1.807, 2.05) is 13.0 Å². The molecule has 7 heteroatoms. The van der Waals surface area contributed by atoms with Gasteiger partial charge in [-0.2, -0.15) is 5.26 Å². The first-order chi connectivity index (χ1) is 9.29. The number of benzene rings is 1. The molecular formula is C13H16N2O4S. The van der Waals surface area contributed by atoms with Crippen LogP contribution in [0.3, 0.4) is 0 Å². The molecule has 1 rings (SSSR count). The van der Waals surface area contributed by atoms with E-state index in [1.54, 1.807) is 4.90 Å². The molecule has 0 aliphatic heterocycles. The third-order valence-electron chi connectivity index (χ3n) is 2.68. The zero-order valence-corrected chi connectivity index (χ0v) is 12.1. The van der Waals surface area contributed by atoms with E-state index in [2.05, 4.69) is 0 Å². The molecule has 0 aromatic heterocycles. The second-order valence-corrected chi connectivity index (χ2v) is 6.39. The van der Waals surface area contributed by atoms with E-state index in [4.69, 9.17) is 10.4 Å². The molecule has 0 saturated carbocycles. The molecule has 108 valence electrons. The summed E-state index contributed by atoms with van der Waals surface area (Å²) in [6.07, 6.45) is 1.77. The van der Waals surface area contributed by atoms with Crippen molar-refractivity contribution in [3.05, 3.63) is 23.8 Å². The van der Waals surface area contributed by atoms with Gasteiger partial charge < -0.3 is 10.0 Å². The topological polar surface area (TPSA) is 98.5 Å². The molecule has 0 radical (unpaired) electrons. The number of rotatable bonds is 6. The van der Waals surface area contributed by atoms with Crippen LogP contribution in [-0.4, -0.2) is 38.8 Å². The lowest BCUT2D eigenvalue weighted by atomic mass is 10.1. The van der Waals surface area contributed by atoms with E-state index in [0.717, 1.165) is 6.26 Å². The number of carbonyl (C=O) groups is 1. The number of nitriles is 1. The van der Waals surface area contributed by atoms with Crippen LogP contribution in [0.5, 0.6) is 0 Å². The Hall–Kier alpha value is -2.07. The van der Waals surface area contributed by atoms with Crippen LogP contribution in [0.1, 0.15) is 18.9 Å². The maximum absolute atomic E-state index is 11.5. The smallest absolute Gasteiger partial charge is 0.323 e. The Bertz CT molecular complexity index is 647. The Morgan fingerprint density at radius 2 is 2.10 bits per heavy atom. The first-order valence-electron chi connectivity index (χ1n) is 6.00. The van der Waals surface area contributed by atoms with Crippen LogP contribution in [0.15, 0.2) is 23.1 Å². The lowest BCUT2D eigenvalue weighted by molar-refractivity contribution is -0.135. The van der Waals surface area contributed by atoms with Crippen LogP contribution in [0.25, 0.3) is 0 Å². The first kappa shape index (κ1) is 16.0. The summed E-state index contributed by atoms with van der Waals surface area (Å²) in [6, 6.07) is 6.06. The fraction of sp³-hybridized carbons (Fsp3) is 0.385. The minimum Gasteiger partial charge on any atom is -0.480 e. The van der Waals surface area contributed by atoms with Crippen molar-refractivity contribution in [1.29, 1.82) is 5.26 Å². The maximum atomic E-state index is 11.5. The molecule has 0 aliphatic carbocycles. The van der Waals surface area contributed by atoms with E-state index in [0.29, 0.717) is 18.7 Å². The molecule has 0 unspecified atom stereocenters. The lowest BCUT2D eigenvalue weighted by Gasteiger charge is -2.23. The number of hydrogen-bond donors (Lipinski definition) is 1. The Balaban J connectivity index is 3.29. The van der Waals surface area contributed by atoms with Crippen LogP contribution in [0, 0.1) is 11.3 Å². The van der Waals surface area contributed by atoms with Gasteiger partial charge in [-0.3, -0.25) is 4.79 Å². The molecule has 1 aromatic rings. The van der Waals surface area contributed by atoms with Crippen molar-refractivity contribution in [3.8, 4) is 6.07 Å². The highest BCUT2D eigenvalue weighted by molar-refractivity contribution is 7.90. The Kier molecular flexibility index (Phi) is 5.11. The number of carboxylic acids is 1. The summed E-state index contributed by atoms with van der Waals surface area (Å²) in [6.45, 7) is 2.13. The highest BCUT2D eigenvalue weighted by Crippen LogP contribution is 2.23. The maximum Gasteiger partial charge on any atom is 0.323 e. The fourth-order valence-electron chi connectivity index (χ4n) is 1.83. The molecular weight excluding hydrogens is 280 g/mol. The van der Waals surface area contributed by atoms with Crippen molar-refractivity contribution >= 4 is 21.5 Å². The minimum absolute atomic E-state index is 0.0459. The number of aliphatic carboxylic acids is 1. The number of sulfone groups is 1. The molecule has 0 amide bonds. The van der Waals surface area contributed by atoms with E-state index in [-0.39, 0.29) is 17.0 Å². The Morgan fingerprint density at radius 3 is 2.55 bits per heavy atom. The predicted molar refractivity (Wildman–Crippen MR) is 74.4 cm³/mol. The second kappa shape index (κ2) is 6.39. The van der Waals surface area contributed by atoms with Gasteiger partial charge in [-0.05, 0) is 24.6 Å². The summed E-state index contributed by atoms with van der Waals surface area (Å²) in [5.74, 6) is -1.01. The number of nitrogens with zero attached hydrogens (tertiary/aromatic N) is 2. The third kappa shape index (κ3) is 3.96. The predicted octanol–water partition coefficient (Wildman–Crippen LogP) is 1.26. The van der Waals surface area contributed by atoms with Gasteiger partial charge in [0.15, 0.2) is 9.84 Å². The molecule has 0 saturated heterocycles. The number of anilines is 1. The van der Waals surface area contributed by atoms with Crippen LogP contribution >= 0.6 is 0 Å². The molecule has 0 spiro atoms. The van der Waals surface area contributed by atoms with Crippen molar-refractivity contribution in [2.24, 2.45) is 0 Å². The average molecular weight is 296 g/mol. The fourth-order valence-corrected chi connectivity index (χ4v) is 2.48. The number of hydrogen-bond acceptors (Lipinski definition) is 5. The Morgan fingerprint density at radius 1 is 1.45 bits per heavy atom. The number of carboxylic acid groups (broad SMARTS) is 1. The van der Waals surface area contributed by atoms with E-state index in [1.165, 1.54) is 18.2 Å². The second-order valence-electron chi connectivity index (χ2n) is 4.38. The van der Waals surface area contributed by atoms with Crippen LogP contribution < -0.4 is 4.90 Å². The lowest BCUT2D eigenvalue weighted by Crippen LogP contribution is -2.31. The molecule has 0 heterocycles. The van der Waals surface area contributed by atoms with E-state index < -0.39 is 15.8 Å². The van der Waals surface area contributed by atoms with Crippen molar-refractivity contribution in [1.82, 2.24) is 0 Å². The SMILES string of the molecule is CCCN(CC(=O)O)c1ccc(S(C)(=O)=O)cc1C#N. The standard InChI is InChI=1S/C13H16N2O4S/c1-3-6-15(9-13(16)17)12-5-4-11(20(2,18)19)7-10(12)8-14/h4-5,7H,3,6,9H2,1-2H3,(H,16,17). The van der Waals surface area contributed by atoms with Crippen molar-refractivity contribution in [2.45, 2.75) is 18.2 Å². The zero-order chi connectivity index (χ0) is 15.3. The third-order valence-corrected chi connectivity index (χ3v) is 3.79. The van der Waals surface area contributed by atoms with Gasteiger partial charge >= 0.3 is 5.97 Å².